The Kier molecular flexibility index (Phi) is 4.33. The van der Waals surface area contributed by atoms with E-state index in [1.165, 1.54) is 22.5 Å². The van der Waals surface area contributed by atoms with E-state index in [0.717, 1.165) is 4.88 Å². The summed E-state index contributed by atoms with van der Waals surface area (Å²) in [4.78, 5) is 28.1. The summed E-state index contributed by atoms with van der Waals surface area (Å²) in [5.74, 6) is 1.04. The number of ether oxygens (including phenoxy) is 2. The number of hydrogen-bond donors (Lipinski definition) is 1. The van der Waals surface area contributed by atoms with E-state index in [4.69, 9.17) is 13.9 Å². The molecule has 2 aliphatic rings. The van der Waals surface area contributed by atoms with Crippen molar-refractivity contribution in [3.05, 3.63) is 70.4 Å². The molecule has 4 heterocycles. The Bertz CT molecular complexity index is 1100. The van der Waals surface area contributed by atoms with Gasteiger partial charge < -0.3 is 19.2 Å². The molecule has 146 valence electrons. The number of hydrogen-bond acceptors (Lipinski definition) is 7. The maximum Gasteiger partial charge on any atom is 0.278 e. The maximum absolute atomic E-state index is 13.1. The molecule has 0 saturated carbocycles. The molecule has 0 fully saturated rings. The van der Waals surface area contributed by atoms with Crippen molar-refractivity contribution >= 4 is 34.4 Å². The fourth-order valence-electron chi connectivity index (χ4n) is 3.31. The fourth-order valence-corrected chi connectivity index (χ4v) is 4.08. The Hall–Kier alpha value is -3.52. The van der Waals surface area contributed by atoms with Crippen molar-refractivity contribution in [1.29, 1.82) is 0 Å². The molecule has 0 atom stereocenters. The second kappa shape index (κ2) is 7.14. The van der Waals surface area contributed by atoms with Crippen molar-refractivity contribution in [1.82, 2.24) is 4.90 Å². The van der Waals surface area contributed by atoms with Crippen LogP contribution in [0.5, 0.6) is 11.5 Å². The number of carbonyl (C=O) groups is 2. The molecule has 5 rings (SSSR count). The smallest absolute Gasteiger partial charge is 0.278 e. The number of thiophene rings is 1. The van der Waals surface area contributed by atoms with Crippen molar-refractivity contribution in [2.75, 3.05) is 18.5 Å². The maximum atomic E-state index is 13.1. The van der Waals surface area contributed by atoms with Gasteiger partial charge >= 0.3 is 0 Å². The van der Waals surface area contributed by atoms with E-state index in [9.17, 15) is 9.59 Å². The molecule has 3 aromatic rings. The zero-order valence-corrected chi connectivity index (χ0v) is 16.0. The predicted molar refractivity (Wildman–Crippen MR) is 107 cm³/mol. The molecule has 1 aromatic carbocycles. The number of imide groups is 1. The van der Waals surface area contributed by atoms with E-state index >= 15 is 0 Å². The number of nitrogens with one attached hydrogen (secondary N) is 1. The standard InChI is InChI=1S/C21H16N2O5S/c24-20-18(17-4-2-10-29-17)19(21(25)23(20)12-14-3-1-7-26-14)22-13-5-6-15-16(11-13)28-9-8-27-15/h1-7,10-11,22H,8-9,12H2. The topological polar surface area (TPSA) is 81.0 Å². The molecule has 1 N–H and O–H groups in total. The number of furan rings is 1. The molecule has 0 spiro atoms. The largest absolute Gasteiger partial charge is 0.486 e. The van der Waals surface area contributed by atoms with Gasteiger partial charge in [-0.1, -0.05) is 6.07 Å². The number of amides is 2. The van der Waals surface area contributed by atoms with Crippen LogP contribution in [-0.2, 0) is 16.1 Å². The van der Waals surface area contributed by atoms with Crippen molar-refractivity contribution < 1.29 is 23.5 Å². The van der Waals surface area contributed by atoms with E-state index in [1.54, 1.807) is 30.3 Å². The number of fused-ring (bicyclic) bond motifs is 1. The molecular formula is C21H16N2O5S. The molecule has 2 amide bonds. The summed E-state index contributed by atoms with van der Waals surface area (Å²) < 4.78 is 16.5. The Labute approximate surface area is 170 Å². The first-order chi connectivity index (χ1) is 14.2. The van der Waals surface area contributed by atoms with Crippen molar-refractivity contribution in [2.24, 2.45) is 0 Å². The SMILES string of the molecule is O=C1C(Nc2ccc3c(c2)OCCO3)=C(c2cccs2)C(=O)N1Cc1ccco1. The van der Waals surface area contributed by atoms with Gasteiger partial charge in [0, 0.05) is 16.6 Å². The van der Waals surface area contributed by atoms with Crippen LogP contribution in [-0.4, -0.2) is 29.9 Å². The van der Waals surface area contributed by atoms with Crippen molar-refractivity contribution in [3.8, 4) is 11.5 Å². The van der Waals surface area contributed by atoms with Crippen LogP contribution in [0.3, 0.4) is 0 Å². The average Bonchev–Trinajstić information content (AvgIpc) is 3.48. The van der Waals surface area contributed by atoms with Gasteiger partial charge in [-0.15, -0.1) is 11.3 Å². The highest BCUT2D eigenvalue weighted by Crippen LogP contribution is 2.36. The first-order valence-corrected chi connectivity index (χ1v) is 9.92. The number of carbonyl (C=O) groups excluding carboxylic acids is 2. The van der Waals surface area contributed by atoms with Gasteiger partial charge in [0.15, 0.2) is 11.5 Å². The summed E-state index contributed by atoms with van der Waals surface area (Å²) in [6.45, 7) is 1.04. The third-order valence-corrected chi connectivity index (χ3v) is 5.53. The first-order valence-electron chi connectivity index (χ1n) is 9.04. The van der Waals surface area contributed by atoms with Crippen LogP contribution >= 0.6 is 11.3 Å². The number of benzene rings is 1. The Balaban J connectivity index is 1.50. The third kappa shape index (κ3) is 3.17. The summed E-state index contributed by atoms with van der Waals surface area (Å²) in [5, 5.41) is 5.00. The first kappa shape index (κ1) is 17.6. The molecule has 0 unspecified atom stereocenters. The highest BCUT2D eigenvalue weighted by atomic mass is 32.1. The summed E-state index contributed by atoms with van der Waals surface area (Å²) in [6.07, 6.45) is 1.52. The highest BCUT2D eigenvalue weighted by Gasteiger charge is 2.40. The summed E-state index contributed by atoms with van der Waals surface area (Å²) in [5.41, 5.74) is 1.23. The quantitative estimate of drug-likeness (QED) is 0.651. The lowest BCUT2D eigenvalue weighted by molar-refractivity contribution is -0.137. The zero-order valence-electron chi connectivity index (χ0n) is 15.2. The van der Waals surface area contributed by atoms with Crippen LogP contribution in [0, 0.1) is 0 Å². The summed E-state index contributed by atoms with van der Waals surface area (Å²) >= 11 is 1.41. The minimum Gasteiger partial charge on any atom is -0.486 e. The van der Waals surface area contributed by atoms with Crippen LogP contribution < -0.4 is 14.8 Å². The fraction of sp³-hybridized carbons (Fsp3) is 0.143. The van der Waals surface area contributed by atoms with E-state index in [2.05, 4.69) is 5.32 Å². The molecule has 0 saturated heterocycles. The van der Waals surface area contributed by atoms with Gasteiger partial charge in [-0.2, -0.15) is 0 Å². The minimum absolute atomic E-state index is 0.0753. The predicted octanol–water partition coefficient (Wildman–Crippen LogP) is 3.50. The molecule has 0 radical (unpaired) electrons. The Morgan fingerprint density at radius 2 is 1.86 bits per heavy atom. The van der Waals surface area contributed by atoms with Crippen molar-refractivity contribution in [2.45, 2.75) is 6.54 Å². The minimum atomic E-state index is -0.398. The average molecular weight is 408 g/mol. The van der Waals surface area contributed by atoms with E-state index in [1.807, 2.05) is 17.5 Å². The van der Waals surface area contributed by atoms with Gasteiger partial charge in [0.25, 0.3) is 11.8 Å². The van der Waals surface area contributed by atoms with Gasteiger partial charge in [-0.05, 0) is 35.7 Å². The Morgan fingerprint density at radius 3 is 2.62 bits per heavy atom. The lowest BCUT2D eigenvalue weighted by Gasteiger charge is -2.19. The number of rotatable bonds is 5. The lowest BCUT2D eigenvalue weighted by Crippen LogP contribution is -2.31. The molecule has 8 heteroatoms. The van der Waals surface area contributed by atoms with Crippen LogP contribution in [0.25, 0.3) is 5.57 Å². The van der Waals surface area contributed by atoms with E-state index < -0.39 is 5.91 Å². The van der Waals surface area contributed by atoms with Crippen LogP contribution in [0.2, 0.25) is 0 Å². The monoisotopic (exact) mass is 408 g/mol. The summed E-state index contributed by atoms with van der Waals surface area (Å²) in [7, 11) is 0. The highest BCUT2D eigenvalue weighted by molar-refractivity contribution is 7.11. The second-order valence-electron chi connectivity index (χ2n) is 6.49. The van der Waals surface area contributed by atoms with Crippen LogP contribution in [0.15, 0.2) is 64.2 Å². The molecule has 2 aliphatic heterocycles. The van der Waals surface area contributed by atoms with Crippen molar-refractivity contribution in [3.63, 3.8) is 0 Å². The third-order valence-electron chi connectivity index (χ3n) is 4.64. The normalized spacial score (nSPS) is 15.9. The Morgan fingerprint density at radius 1 is 1.00 bits per heavy atom. The summed E-state index contributed by atoms with van der Waals surface area (Å²) in [6, 6.07) is 12.5. The molecular weight excluding hydrogens is 392 g/mol. The van der Waals surface area contributed by atoms with Gasteiger partial charge in [0.05, 0.1) is 18.4 Å². The van der Waals surface area contributed by atoms with Gasteiger partial charge in [-0.25, -0.2) is 0 Å². The van der Waals surface area contributed by atoms with Crippen LogP contribution in [0.1, 0.15) is 10.6 Å². The van der Waals surface area contributed by atoms with E-state index in [-0.39, 0.29) is 18.1 Å². The van der Waals surface area contributed by atoms with Gasteiger partial charge in [-0.3, -0.25) is 14.5 Å². The molecule has 7 nitrogen and oxygen atoms in total. The zero-order chi connectivity index (χ0) is 19.8. The number of anilines is 1. The number of nitrogens with zero attached hydrogens (tertiary/aromatic N) is 1. The van der Waals surface area contributed by atoms with Gasteiger partial charge in [0.2, 0.25) is 0 Å². The molecule has 0 aliphatic carbocycles. The second-order valence-corrected chi connectivity index (χ2v) is 7.43. The molecule has 29 heavy (non-hydrogen) atoms. The van der Waals surface area contributed by atoms with Crippen LogP contribution in [0.4, 0.5) is 5.69 Å². The molecule has 0 bridgehead atoms. The van der Waals surface area contributed by atoms with E-state index in [0.29, 0.717) is 41.7 Å². The molecule has 2 aromatic heterocycles. The lowest BCUT2D eigenvalue weighted by atomic mass is 10.1. The van der Waals surface area contributed by atoms with Gasteiger partial charge in [0.1, 0.15) is 24.7 Å².